The maximum Gasteiger partial charge on any atom is 0.253 e. The summed E-state index contributed by atoms with van der Waals surface area (Å²) in [5.74, 6) is -0.128. The Labute approximate surface area is 105 Å². The summed E-state index contributed by atoms with van der Waals surface area (Å²) in [6.45, 7) is 2.38. The molecule has 1 amide bonds. The smallest absolute Gasteiger partial charge is 0.253 e. The fourth-order valence-electron chi connectivity index (χ4n) is 1.92. The first-order chi connectivity index (χ1) is 8.61. The number of methoxy groups -OCH3 is 1. The normalized spacial score (nSPS) is 12.6. The van der Waals surface area contributed by atoms with Crippen LogP contribution in [0, 0.1) is 0 Å². The average Bonchev–Trinajstić information content (AvgIpc) is 2.71. The van der Waals surface area contributed by atoms with Crippen molar-refractivity contribution in [1.82, 2.24) is 10.3 Å². The van der Waals surface area contributed by atoms with E-state index in [-0.39, 0.29) is 11.9 Å². The second-order valence-electron chi connectivity index (χ2n) is 4.34. The molecule has 1 heterocycles. The molecule has 1 unspecified atom stereocenters. The lowest BCUT2D eigenvalue weighted by Gasteiger charge is -2.12. The Morgan fingerprint density at radius 2 is 2.33 bits per heavy atom. The number of nitrogens with two attached hydrogens (primary N) is 1. The van der Waals surface area contributed by atoms with E-state index in [1.807, 2.05) is 13.0 Å². The van der Waals surface area contributed by atoms with E-state index in [1.54, 1.807) is 25.4 Å². The fraction of sp³-hybridized carbons (Fsp3) is 0.308. The van der Waals surface area contributed by atoms with Gasteiger partial charge in [0, 0.05) is 35.9 Å². The number of ether oxygens (including phenoxy) is 1. The molecule has 0 spiro atoms. The molecule has 0 aliphatic rings. The molecule has 0 saturated heterocycles. The number of H-pyrrole nitrogens is 1. The molecule has 0 aliphatic heterocycles. The number of fused-ring (bicyclic) bond motifs is 1. The van der Waals surface area contributed by atoms with Crippen LogP contribution >= 0.6 is 0 Å². The first-order valence-corrected chi connectivity index (χ1v) is 5.78. The SMILES string of the molecule is COCC(C)NC(=O)c1c[nH]c2ccc(N)cc12. The van der Waals surface area contributed by atoms with Crippen LogP contribution in [0.5, 0.6) is 0 Å². The molecule has 1 atom stereocenters. The highest BCUT2D eigenvalue weighted by Crippen LogP contribution is 2.20. The third-order valence-electron chi connectivity index (χ3n) is 2.74. The number of hydrogen-bond acceptors (Lipinski definition) is 3. The lowest BCUT2D eigenvalue weighted by molar-refractivity contribution is 0.0907. The molecule has 96 valence electrons. The maximum absolute atomic E-state index is 12.1. The molecule has 2 rings (SSSR count). The lowest BCUT2D eigenvalue weighted by atomic mass is 10.1. The van der Waals surface area contributed by atoms with E-state index in [4.69, 9.17) is 10.5 Å². The van der Waals surface area contributed by atoms with Crippen molar-refractivity contribution in [3.8, 4) is 0 Å². The zero-order chi connectivity index (χ0) is 13.1. The largest absolute Gasteiger partial charge is 0.399 e. The topological polar surface area (TPSA) is 80.1 Å². The van der Waals surface area contributed by atoms with E-state index in [0.717, 1.165) is 10.9 Å². The van der Waals surface area contributed by atoms with Gasteiger partial charge in [-0.2, -0.15) is 0 Å². The van der Waals surface area contributed by atoms with Crippen LogP contribution in [0.4, 0.5) is 5.69 Å². The Kier molecular flexibility index (Phi) is 3.53. The number of carbonyl (C=O) groups excluding carboxylic acids is 1. The Bertz CT molecular complexity index is 562. The maximum atomic E-state index is 12.1. The Hall–Kier alpha value is -2.01. The van der Waals surface area contributed by atoms with Crippen molar-refractivity contribution >= 4 is 22.5 Å². The van der Waals surface area contributed by atoms with Crippen LogP contribution < -0.4 is 11.1 Å². The van der Waals surface area contributed by atoms with Gasteiger partial charge in [-0.1, -0.05) is 0 Å². The summed E-state index contributed by atoms with van der Waals surface area (Å²) in [5, 5.41) is 3.70. The van der Waals surface area contributed by atoms with Crippen LogP contribution in [0.1, 0.15) is 17.3 Å². The van der Waals surface area contributed by atoms with E-state index in [2.05, 4.69) is 10.3 Å². The molecule has 0 bridgehead atoms. The highest BCUT2D eigenvalue weighted by Gasteiger charge is 2.14. The van der Waals surface area contributed by atoms with Crippen molar-refractivity contribution in [2.75, 3.05) is 19.5 Å². The molecule has 0 fully saturated rings. The first-order valence-electron chi connectivity index (χ1n) is 5.78. The standard InChI is InChI=1S/C13H17N3O2/c1-8(7-18-2)16-13(17)11-6-15-12-4-3-9(14)5-10(11)12/h3-6,8,15H,7,14H2,1-2H3,(H,16,17). The summed E-state index contributed by atoms with van der Waals surface area (Å²) in [6, 6.07) is 5.42. The molecule has 2 aromatic rings. The van der Waals surface area contributed by atoms with Gasteiger partial charge in [0.25, 0.3) is 5.91 Å². The number of amides is 1. The number of carbonyl (C=O) groups is 1. The third-order valence-corrected chi connectivity index (χ3v) is 2.74. The zero-order valence-electron chi connectivity index (χ0n) is 10.5. The summed E-state index contributed by atoms with van der Waals surface area (Å²) < 4.78 is 4.99. The quantitative estimate of drug-likeness (QED) is 0.716. The average molecular weight is 247 g/mol. The van der Waals surface area contributed by atoms with Crippen molar-refractivity contribution in [2.24, 2.45) is 0 Å². The van der Waals surface area contributed by atoms with Gasteiger partial charge in [0.05, 0.1) is 12.2 Å². The highest BCUT2D eigenvalue weighted by atomic mass is 16.5. The first kappa shape index (κ1) is 12.4. The van der Waals surface area contributed by atoms with Crippen LogP contribution in [0.2, 0.25) is 0 Å². The number of nitrogens with one attached hydrogen (secondary N) is 2. The molecule has 5 heteroatoms. The summed E-state index contributed by atoms with van der Waals surface area (Å²) >= 11 is 0. The summed E-state index contributed by atoms with van der Waals surface area (Å²) in [5.41, 5.74) is 7.87. The van der Waals surface area contributed by atoms with E-state index in [0.29, 0.717) is 17.9 Å². The predicted octanol–water partition coefficient (Wildman–Crippen LogP) is 1.51. The van der Waals surface area contributed by atoms with E-state index < -0.39 is 0 Å². The minimum atomic E-state index is -0.128. The van der Waals surface area contributed by atoms with E-state index in [9.17, 15) is 4.79 Å². The summed E-state index contributed by atoms with van der Waals surface area (Å²) in [4.78, 5) is 15.1. The van der Waals surface area contributed by atoms with Gasteiger partial charge < -0.3 is 20.8 Å². The van der Waals surface area contributed by atoms with Gasteiger partial charge in [0.2, 0.25) is 0 Å². The molecule has 0 aliphatic carbocycles. The van der Waals surface area contributed by atoms with Crippen molar-refractivity contribution in [2.45, 2.75) is 13.0 Å². The van der Waals surface area contributed by atoms with Gasteiger partial charge in [-0.15, -0.1) is 0 Å². The van der Waals surface area contributed by atoms with Crippen molar-refractivity contribution < 1.29 is 9.53 Å². The fourth-order valence-corrected chi connectivity index (χ4v) is 1.92. The van der Waals surface area contributed by atoms with Crippen molar-refractivity contribution in [1.29, 1.82) is 0 Å². The Morgan fingerprint density at radius 1 is 1.56 bits per heavy atom. The highest BCUT2D eigenvalue weighted by molar-refractivity contribution is 6.07. The zero-order valence-corrected chi connectivity index (χ0v) is 10.5. The van der Waals surface area contributed by atoms with Gasteiger partial charge in [0.15, 0.2) is 0 Å². The summed E-state index contributed by atoms with van der Waals surface area (Å²) in [6.07, 6.45) is 1.69. The van der Waals surface area contributed by atoms with Gasteiger partial charge in [-0.25, -0.2) is 0 Å². The molecule has 5 nitrogen and oxygen atoms in total. The number of anilines is 1. The minimum Gasteiger partial charge on any atom is -0.399 e. The molecule has 0 saturated carbocycles. The molecule has 4 N–H and O–H groups in total. The molecule has 1 aromatic heterocycles. The summed E-state index contributed by atoms with van der Waals surface area (Å²) in [7, 11) is 1.61. The van der Waals surface area contributed by atoms with E-state index >= 15 is 0 Å². The van der Waals surface area contributed by atoms with Gasteiger partial charge in [0.1, 0.15) is 0 Å². The van der Waals surface area contributed by atoms with Crippen LogP contribution in [-0.2, 0) is 4.74 Å². The van der Waals surface area contributed by atoms with Crippen molar-refractivity contribution in [3.63, 3.8) is 0 Å². The molecule has 1 aromatic carbocycles. The van der Waals surface area contributed by atoms with Gasteiger partial charge in [-0.3, -0.25) is 4.79 Å². The van der Waals surface area contributed by atoms with Crippen LogP contribution in [0.25, 0.3) is 10.9 Å². The number of nitrogen functional groups attached to an aromatic ring is 1. The second kappa shape index (κ2) is 5.10. The van der Waals surface area contributed by atoms with Gasteiger partial charge in [-0.05, 0) is 25.1 Å². The van der Waals surface area contributed by atoms with Crippen LogP contribution in [-0.4, -0.2) is 30.6 Å². The van der Waals surface area contributed by atoms with E-state index in [1.165, 1.54) is 0 Å². The van der Waals surface area contributed by atoms with Crippen molar-refractivity contribution in [3.05, 3.63) is 30.0 Å². The molecule has 0 radical (unpaired) electrons. The second-order valence-corrected chi connectivity index (χ2v) is 4.34. The molecule has 18 heavy (non-hydrogen) atoms. The number of hydrogen-bond donors (Lipinski definition) is 3. The molecular formula is C13H17N3O2. The number of rotatable bonds is 4. The predicted molar refractivity (Wildman–Crippen MR) is 71.5 cm³/mol. The number of benzene rings is 1. The van der Waals surface area contributed by atoms with Crippen LogP contribution in [0.3, 0.4) is 0 Å². The minimum absolute atomic E-state index is 0.0338. The molecular weight excluding hydrogens is 230 g/mol. The third kappa shape index (κ3) is 2.46. The Balaban J connectivity index is 2.25. The Morgan fingerprint density at radius 3 is 3.06 bits per heavy atom. The number of aromatic nitrogens is 1. The van der Waals surface area contributed by atoms with Gasteiger partial charge >= 0.3 is 0 Å². The monoisotopic (exact) mass is 247 g/mol. The number of aromatic amines is 1. The lowest BCUT2D eigenvalue weighted by Crippen LogP contribution is -2.35. The van der Waals surface area contributed by atoms with Crippen LogP contribution in [0.15, 0.2) is 24.4 Å².